The number of hydrogen-bond donors (Lipinski definition) is 3. The van der Waals surface area contributed by atoms with E-state index < -0.39 is 0 Å². The zero-order chi connectivity index (χ0) is 12.7. The molecule has 0 aromatic rings. The van der Waals surface area contributed by atoms with Gasteiger partial charge in [0, 0.05) is 18.5 Å². The molecule has 1 aliphatic carbocycles. The largest absolute Gasteiger partial charge is 0.409 e. The van der Waals surface area contributed by atoms with Gasteiger partial charge in [0.2, 0.25) is 0 Å². The first-order valence-corrected chi connectivity index (χ1v) is 6.86. The lowest BCUT2D eigenvalue weighted by Gasteiger charge is -2.25. The molecule has 0 heterocycles. The van der Waals surface area contributed by atoms with Gasteiger partial charge in [0.25, 0.3) is 0 Å². The summed E-state index contributed by atoms with van der Waals surface area (Å²) in [6.07, 6.45) is 8.20. The molecule has 0 aromatic carbocycles. The first-order chi connectivity index (χ1) is 8.15. The Morgan fingerprint density at radius 3 is 2.41 bits per heavy atom. The van der Waals surface area contributed by atoms with Gasteiger partial charge in [-0.25, -0.2) is 0 Å². The predicted octanol–water partition coefficient (Wildman–Crippen LogP) is 2.32. The molecule has 1 rings (SSSR count). The summed E-state index contributed by atoms with van der Waals surface area (Å²) in [7, 11) is 0. The number of rotatable bonds is 5. The molecule has 4 heteroatoms. The fourth-order valence-corrected chi connectivity index (χ4v) is 2.54. The van der Waals surface area contributed by atoms with Gasteiger partial charge in [0.15, 0.2) is 0 Å². The van der Waals surface area contributed by atoms with Gasteiger partial charge < -0.3 is 16.3 Å². The van der Waals surface area contributed by atoms with Crippen LogP contribution in [0.2, 0.25) is 0 Å². The first-order valence-electron chi connectivity index (χ1n) is 6.86. The van der Waals surface area contributed by atoms with Crippen LogP contribution in [0, 0.1) is 11.8 Å². The van der Waals surface area contributed by atoms with Gasteiger partial charge in [-0.05, 0) is 25.7 Å². The van der Waals surface area contributed by atoms with Crippen LogP contribution in [0.5, 0.6) is 0 Å². The summed E-state index contributed by atoms with van der Waals surface area (Å²) >= 11 is 0. The third-order valence-corrected chi connectivity index (χ3v) is 3.97. The second kappa shape index (κ2) is 7.54. The Morgan fingerprint density at radius 1 is 1.29 bits per heavy atom. The van der Waals surface area contributed by atoms with Crippen molar-refractivity contribution in [2.75, 3.05) is 6.54 Å². The van der Waals surface area contributed by atoms with Gasteiger partial charge in [-0.1, -0.05) is 37.8 Å². The second-order valence-electron chi connectivity index (χ2n) is 5.37. The molecule has 1 saturated carbocycles. The molecular weight excluding hydrogens is 214 g/mol. The van der Waals surface area contributed by atoms with Gasteiger partial charge in [-0.2, -0.15) is 0 Å². The maximum Gasteiger partial charge on any atom is 0.143 e. The van der Waals surface area contributed by atoms with E-state index in [2.05, 4.69) is 17.4 Å². The van der Waals surface area contributed by atoms with Crippen LogP contribution in [0.15, 0.2) is 5.16 Å². The van der Waals surface area contributed by atoms with Crippen LogP contribution in [0.3, 0.4) is 0 Å². The molecule has 0 saturated heterocycles. The van der Waals surface area contributed by atoms with Crippen molar-refractivity contribution in [3.63, 3.8) is 0 Å². The highest BCUT2D eigenvalue weighted by Gasteiger charge is 2.19. The summed E-state index contributed by atoms with van der Waals surface area (Å²) in [5.41, 5.74) is 5.57. The average molecular weight is 241 g/mol. The minimum atomic E-state index is 0.0910. The Labute approximate surface area is 105 Å². The molecular formula is C13H27N3O. The SMILES string of the molecule is CC(CN[C@@H](C)C1CCCCCC1)C(N)=NO. The highest BCUT2D eigenvalue weighted by molar-refractivity contribution is 5.82. The molecule has 0 spiro atoms. The van der Waals surface area contributed by atoms with Crippen molar-refractivity contribution in [3.05, 3.63) is 0 Å². The van der Waals surface area contributed by atoms with Crippen molar-refractivity contribution in [1.29, 1.82) is 0 Å². The fourth-order valence-electron chi connectivity index (χ4n) is 2.54. The smallest absolute Gasteiger partial charge is 0.143 e. The number of hydrogen-bond acceptors (Lipinski definition) is 3. The maximum absolute atomic E-state index is 8.59. The summed E-state index contributed by atoms with van der Waals surface area (Å²) in [5, 5.41) is 15.2. The van der Waals surface area contributed by atoms with E-state index in [0.29, 0.717) is 11.9 Å². The predicted molar refractivity (Wildman–Crippen MR) is 71.2 cm³/mol. The van der Waals surface area contributed by atoms with E-state index in [-0.39, 0.29) is 5.92 Å². The number of nitrogens with zero attached hydrogens (tertiary/aromatic N) is 1. The molecule has 0 aliphatic heterocycles. The quantitative estimate of drug-likeness (QED) is 0.227. The first kappa shape index (κ1) is 14.3. The molecule has 17 heavy (non-hydrogen) atoms. The summed E-state index contributed by atoms with van der Waals surface area (Å²) in [6.45, 7) is 5.02. The Bertz CT molecular complexity index is 235. The third-order valence-electron chi connectivity index (χ3n) is 3.97. The van der Waals surface area contributed by atoms with E-state index in [9.17, 15) is 0 Å². The molecule has 0 bridgehead atoms. The Hall–Kier alpha value is -0.770. The second-order valence-corrected chi connectivity index (χ2v) is 5.37. The minimum absolute atomic E-state index is 0.0910. The summed E-state index contributed by atoms with van der Waals surface area (Å²) in [4.78, 5) is 0. The van der Waals surface area contributed by atoms with Crippen LogP contribution in [-0.2, 0) is 0 Å². The highest BCUT2D eigenvalue weighted by Crippen LogP contribution is 2.25. The molecule has 0 radical (unpaired) electrons. The van der Waals surface area contributed by atoms with Gasteiger partial charge in [0.1, 0.15) is 5.84 Å². The van der Waals surface area contributed by atoms with Crippen molar-refractivity contribution in [2.24, 2.45) is 22.7 Å². The van der Waals surface area contributed by atoms with E-state index in [1.807, 2.05) is 6.92 Å². The van der Waals surface area contributed by atoms with E-state index >= 15 is 0 Å². The molecule has 4 N–H and O–H groups in total. The standard InChI is InChI=1S/C13H27N3O/c1-10(13(14)16-17)9-15-11(2)12-7-5-3-4-6-8-12/h10-12,15,17H,3-9H2,1-2H3,(H2,14,16)/t10?,11-/m0/s1. The molecule has 1 fully saturated rings. The lowest BCUT2D eigenvalue weighted by Crippen LogP contribution is -2.39. The molecule has 0 aromatic heterocycles. The molecule has 4 nitrogen and oxygen atoms in total. The number of amidine groups is 1. The van der Waals surface area contributed by atoms with Crippen LogP contribution in [0.4, 0.5) is 0 Å². The maximum atomic E-state index is 8.59. The van der Waals surface area contributed by atoms with Gasteiger partial charge in [0.05, 0.1) is 0 Å². The van der Waals surface area contributed by atoms with E-state index in [1.165, 1.54) is 38.5 Å². The topological polar surface area (TPSA) is 70.6 Å². The zero-order valence-electron chi connectivity index (χ0n) is 11.2. The molecule has 100 valence electrons. The van der Waals surface area contributed by atoms with Crippen LogP contribution in [0.1, 0.15) is 52.4 Å². The molecule has 1 aliphatic rings. The minimum Gasteiger partial charge on any atom is -0.409 e. The van der Waals surface area contributed by atoms with Crippen molar-refractivity contribution < 1.29 is 5.21 Å². The Morgan fingerprint density at radius 2 is 1.88 bits per heavy atom. The number of oxime groups is 1. The Balaban J connectivity index is 2.30. The fraction of sp³-hybridized carbons (Fsp3) is 0.923. The number of nitrogens with one attached hydrogen (secondary N) is 1. The van der Waals surface area contributed by atoms with Crippen LogP contribution in [0.25, 0.3) is 0 Å². The van der Waals surface area contributed by atoms with Gasteiger partial charge in [-0.3, -0.25) is 0 Å². The van der Waals surface area contributed by atoms with Gasteiger partial charge >= 0.3 is 0 Å². The molecule has 1 unspecified atom stereocenters. The van der Waals surface area contributed by atoms with Crippen molar-refractivity contribution >= 4 is 5.84 Å². The van der Waals surface area contributed by atoms with Crippen LogP contribution < -0.4 is 11.1 Å². The summed E-state index contributed by atoms with van der Waals surface area (Å²) < 4.78 is 0. The monoisotopic (exact) mass is 241 g/mol. The third kappa shape index (κ3) is 4.94. The van der Waals surface area contributed by atoms with Crippen molar-refractivity contribution in [1.82, 2.24) is 5.32 Å². The van der Waals surface area contributed by atoms with E-state index in [0.717, 1.165) is 12.5 Å². The van der Waals surface area contributed by atoms with E-state index in [1.54, 1.807) is 0 Å². The highest BCUT2D eigenvalue weighted by atomic mass is 16.4. The average Bonchev–Trinajstić information content (AvgIpc) is 2.63. The normalized spacial score (nSPS) is 23.1. The Kier molecular flexibility index (Phi) is 6.34. The van der Waals surface area contributed by atoms with Crippen LogP contribution in [-0.4, -0.2) is 23.6 Å². The zero-order valence-corrected chi connectivity index (χ0v) is 11.2. The van der Waals surface area contributed by atoms with Crippen LogP contribution >= 0.6 is 0 Å². The molecule has 0 amide bonds. The van der Waals surface area contributed by atoms with Gasteiger partial charge in [-0.15, -0.1) is 0 Å². The molecule has 2 atom stereocenters. The van der Waals surface area contributed by atoms with Crippen molar-refractivity contribution in [3.8, 4) is 0 Å². The summed E-state index contributed by atoms with van der Waals surface area (Å²) in [6, 6.07) is 0.530. The summed E-state index contributed by atoms with van der Waals surface area (Å²) in [5.74, 6) is 1.19. The van der Waals surface area contributed by atoms with E-state index in [4.69, 9.17) is 10.9 Å². The lowest BCUT2D eigenvalue weighted by atomic mass is 9.92. The lowest BCUT2D eigenvalue weighted by molar-refractivity contribution is 0.309. The number of nitrogens with two attached hydrogens (primary N) is 1. The van der Waals surface area contributed by atoms with Crippen molar-refractivity contribution in [2.45, 2.75) is 58.4 Å².